The summed E-state index contributed by atoms with van der Waals surface area (Å²) in [5.74, 6) is 0.176. The first-order valence-corrected chi connectivity index (χ1v) is 6.14. The normalized spacial score (nSPS) is 26.0. The molecule has 2 N–H and O–H groups in total. The van der Waals surface area contributed by atoms with E-state index in [9.17, 15) is 4.79 Å². The van der Waals surface area contributed by atoms with Crippen molar-refractivity contribution in [1.29, 1.82) is 0 Å². The molecule has 1 aliphatic heterocycles. The molecule has 1 aliphatic rings. The Morgan fingerprint density at radius 2 is 2.31 bits per heavy atom. The summed E-state index contributed by atoms with van der Waals surface area (Å²) in [6, 6.07) is 0. The summed E-state index contributed by atoms with van der Waals surface area (Å²) in [5.41, 5.74) is 5.31. The van der Waals surface area contributed by atoms with E-state index in [2.05, 4.69) is 0 Å². The first-order valence-electron chi connectivity index (χ1n) is 6.14. The van der Waals surface area contributed by atoms with Gasteiger partial charge in [-0.05, 0) is 26.7 Å². The zero-order chi connectivity index (χ0) is 12.2. The lowest BCUT2D eigenvalue weighted by atomic mass is 9.86. The van der Waals surface area contributed by atoms with Crippen molar-refractivity contribution < 1.29 is 9.53 Å². The maximum Gasteiger partial charge on any atom is 0.229 e. The highest BCUT2D eigenvalue weighted by Gasteiger charge is 2.34. The number of ether oxygens (including phenoxy) is 1. The van der Waals surface area contributed by atoms with Crippen molar-refractivity contribution >= 4 is 5.91 Å². The third-order valence-corrected chi connectivity index (χ3v) is 3.49. The highest BCUT2D eigenvalue weighted by Crippen LogP contribution is 2.23. The van der Waals surface area contributed by atoms with Gasteiger partial charge >= 0.3 is 0 Å². The van der Waals surface area contributed by atoms with Gasteiger partial charge in [-0.2, -0.15) is 0 Å². The van der Waals surface area contributed by atoms with Gasteiger partial charge in [0.1, 0.15) is 0 Å². The number of hydrogen-bond donors (Lipinski definition) is 1. The summed E-state index contributed by atoms with van der Waals surface area (Å²) in [6.07, 6.45) is 1.83. The quantitative estimate of drug-likeness (QED) is 0.784. The van der Waals surface area contributed by atoms with Crippen molar-refractivity contribution in [2.24, 2.45) is 11.1 Å². The van der Waals surface area contributed by atoms with Gasteiger partial charge in [-0.1, -0.05) is 6.92 Å². The van der Waals surface area contributed by atoms with Crippen molar-refractivity contribution in [3.05, 3.63) is 0 Å². The van der Waals surface area contributed by atoms with Crippen molar-refractivity contribution in [1.82, 2.24) is 4.90 Å². The van der Waals surface area contributed by atoms with Crippen molar-refractivity contribution in [2.45, 2.75) is 39.7 Å². The van der Waals surface area contributed by atoms with Crippen LogP contribution in [0.15, 0.2) is 0 Å². The number of rotatable bonds is 3. The molecule has 1 amide bonds. The van der Waals surface area contributed by atoms with E-state index >= 15 is 0 Å². The van der Waals surface area contributed by atoms with Crippen LogP contribution in [-0.2, 0) is 9.53 Å². The Kier molecular flexibility index (Phi) is 4.74. The van der Waals surface area contributed by atoms with Crippen LogP contribution in [0.4, 0.5) is 0 Å². The number of amides is 1. The number of carbonyl (C=O) groups excluding carboxylic acids is 1. The van der Waals surface area contributed by atoms with Gasteiger partial charge in [-0.3, -0.25) is 4.79 Å². The van der Waals surface area contributed by atoms with Gasteiger partial charge in [-0.15, -0.1) is 0 Å². The maximum absolute atomic E-state index is 12.4. The Labute approximate surface area is 98.1 Å². The first kappa shape index (κ1) is 13.5. The van der Waals surface area contributed by atoms with E-state index in [4.69, 9.17) is 10.5 Å². The molecule has 0 spiro atoms. The molecular formula is C12H24N2O2. The zero-order valence-corrected chi connectivity index (χ0v) is 10.7. The van der Waals surface area contributed by atoms with Crippen molar-refractivity contribution in [3.8, 4) is 0 Å². The van der Waals surface area contributed by atoms with Crippen molar-refractivity contribution in [2.75, 3.05) is 26.2 Å². The minimum atomic E-state index is -0.413. The van der Waals surface area contributed by atoms with Crippen LogP contribution < -0.4 is 5.73 Å². The first-order chi connectivity index (χ1) is 7.53. The lowest BCUT2D eigenvalue weighted by molar-refractivity contribution is -0.141. The molecule has 1 fully saturated rings. The van der Waals surface area contributed by atoms with Gasteiger partial charge in [0, 0.05) is 26.2 Å². The van der Waals surface area contributed by atoms with E-state index < -0.39 is 5.41 Å². The molecule has 0 saturated carbocycles. The van der Waals surface area contributed by atoms with E-state index in [-0.39, 0.29) is 12.0 Å². The predicted octanol–water partition coefficient (Wildman–Crippen LogP) is 0.999. The summed E-state index contributed by atoms with van der Waals surface area (Å²) >= 11 is 0. The summed E-state index contributed by atoms with van der Waals surface area (Å²) in [4.78, 5) is 14.3. The van der Waals surface area contributed by atoms with Crippen LogP contribution in [0.25, 0.3) is 0 Å². The standard InChI is InChI=1S/C12H24N2O2/c1-4-12(3,9-13)11(15)14-6-5-7-16-10(2)8-14/h10H,4-9,13H2,1-3H3. The van der Waals surface area contributed by atoms with Gasteiger partial charge < -0.3 is 15.4 Å². The largest absolute Gasteiger partial charge is 0.377 e. The Hall–Kier alpha value is -0.610. The molecule has 0 aromatic rings. The van der Waals surface area contributed by atoms with Gasteiger partial charge in [0.2, 0.25) is 5.91 Å². The molecule has 0 aliphatic carbocycles. The van der Waals surface area contributed by atoms with Crippen LogP contribution in [0.2, 0.25) is 0 Å². The number of hydrogen-bond acceptors (Lipinski definition) is 3. The molecule has 0 radical (unpaired) electrons. The van der Waals surface area contributed by atoms with Crippen LogP contribution in [-0.4, -0.2) is 43.2 Å². The molecule has 4 nitrogen and oxygen atoms in total. The van der Waals surface area contributed by atoms with E-state index in [1.165, 1.54) is 0 Å². The van der Waals surface area contributed by atoms with Gasteiger partial charge in [0.25, 0.3) is 0 Å². The van der Waals surface area contributed by atoms with E-state index in [1.54, 1.807) is 0 Å². The monoisotopic (exact) mass is 228 g/mol. The van der Waals surface area contributed by atoms with Gasteiger partial charge in [-0.25, -0.2) is 0 Å². The SMILES string of the molecule is CCC(C)(CN)C(=O)N1CCCOC(C)C1. The second-order valence-electron chi connectivity index (χ2n) is 4.90. The molecular weight excluding hydrogens is 204 g/mol. The van der Waals surface area contributed by atoms with Gasteiger partial charge in [0.15, 0.2) is 0 Å². The molecule has 1 rings (SSSR count). The van der Waals surface area contributed by atoms with E-state index in [1.807, 2.05) is 25.7 Å². The molecule has 16 heavy (non-hydrogen) atoms. The highest BCUT2D eigenvalue weighted by molar-refractivity contribution is 5.82. The smallest absolute Gasteiger partial charge is 0.229 e. The number of nitrogens with zero attached hydrogens (tertiary/aromatic N) is 1. The van der Waals surface area contributed by atoms with Crippen LogP contribution in [0.1, 0.15) is 33.6 Å². The fraction of sp³-hybridized carbons (Fsp3) is 0.917. The average Bonchev–Trinajstić information content (AvgIpc) is 2.51. The molecule has 2 atom stereocenters. The van der Waals surface area contributed by atoms with E-state index in [0.717, 1.165) is 26.0 Å². The van der Waals surface area contributed by atoms with Crippen LogP contribution in [0.3, 0.4) is 0 Å². The molecule has 4 heteroatoms. The van der Waals surface area contributed by atoms with Crippen LogP contribution in [0, 0.1) is 5.41 Å². The Balaban J connectivity index is 2.71. The lowest BCUT2D eigenvalue weighted by Crippen LogP contribution is -2.47. The maximum atomic E-state index is 12.4. The molecule has 0 aromatic heterocycles. The molecule has 2 unspecified atom stereocenters. The van der Waals surface area contributed by atoms with Crippen LogP contribution >= 0.6 is 0 Å². The summed E-state index contributed by atoms with van der Waals surface area (Å²) in [7, 11) is 0. The molecule has 0 aromatic carbocycles. The minimum absolute atomic E-state index is 0.130. The van der Waals surface area contributed by atoms with Gasteiger partial charge in [0.05, 0.1) is 11.5 Å². The fourth-order valence-electron chi connectivity index (χ4n) is 1.94. The Bertz CT molecular complexity index is 239. The lowest BCUT2D eigenvalue weighted by Gasteiger charge is -2.33. The Morgan fingerprint density at radius 3 is 2.88 bits per heavy atom. The topological polar surface area (TPSA) is 55.6 Å². The van der Waals surface area contributed by atoms with Crippen LogP contribution in [0.5, 0.6) is 0 Å². The molecule has 1 saturated heterocycles. The number of nitrogens with two attached hydrogens (primary N) is 1. The second-order valence-corrected chi connectivity index (χ2v) is 4.90. The summed E-state index contributed by atoms with van der Waals surface area (Å²) in [6.45, 7) is 8.61. The highest BCUT2D eigenvalue weighted by atomic mass is 16.5. The summed E-state index contributed by atoms with van der Waals surface area (Å²) in [5, 5.41) is 0. The fourth-order valence-corrected chi connectivity index (χ4v) is 1.94. The molecule has 0 bridgehead atoms. The molecule has 94 valence electrons. The third-order valence-electron chi connectivity index (χ3n) is 3.49. The third kappa shape index (κ3) is 2.95. The second kappa shape index (κ2) is 5.64. The predicted molar refractivity (Wildman–Crippen MR) is 64.1 cm³/mol. The average molecular weight is 228 g/mol. The summed E-state index contributed by atoms with van der Waals surface area (Å²) < 4.78 is 5.54. The Morgan fingerprint density at radius 1 is 1.62 bits per heavy atom. The van der Waals surface area contributed by atoms with Crippen molar-refractivity contribution in [3.63, 3.8) is 0 Å². The minimum Gasteiger partial charge on any atom is -0.377 e. The number of carbonyl (C=O) groups is 1. The zero-order valence-electron chi connectivity index (χ0n) is 10.7. The molecule has 1 heterocycles. The van der Waals surface area contributed by atoms with E-state index in [0.29, 0.717) is 13.1 Å².